The molecule has 6 nitrogen and oxygen atoms in total. The third-order valence-corrected chi connectivity index (χ3v) is 7.62. The van der Waals surface area contributed by atoms with Crippen molar-refractivity contribution in [1.82, 2.24) is 14.0 Å². The molecule has 0 aliphatic carbocycles. The average Bonchev–Trinajstić information content (AvgIpc) is 3.57. The number of aryl methyl sites for hydroxylation is 1. The predicted octanol–water partition coefficient (Wildman–Crippen LogP) is 5.89. The fourth-order valence-corrected chi connectivity index (χ4v) is 5.48. The van der Waals surface area contributed by atoms with Gasteiger partial charge >= 0.3 is 0 Å². The lowest BCUT2D eigenvalue weighted by Gasteiger charge is -2.07. The van der Waals surface area contributed by atoms with Crippen LogP contribution in [0.5, 0.6) is 0 Å². The minimum absolute atomic E-state index is 0.159. The number of hydrogen-bond donors (Lipinski definition) is 0. The molecule has 0 saturated carbocycles. The standard InChI is InChI=1S/C27H25N5OS2/c1-18-12-14-21(15-13-18)19(2)29-31-23(24-11-8-16-34-24)17-35-27(31)28-25-20(3)30(4)32(26(25)33)22-9-6-5-7-10-22/h5-17H,1-4H3. The number of nitrogens with zero attached hydrogens (tertiary/aromatic N) is 5. The van der Waals surface area contributed by atoms with Gasteiger partial charge in [-0.15, -0.1) is 22.7 Å². The minimum Gasteiger partial charge on any atom is -0.283 e. The molecular weight excluding hydrogens is 474 g/mol. The van der Waals surface area contributed by atoms with Crippen LogP contribution in [0.3, 0.4) is 0 Å². The van der Waals surface area contributed by atoms with E-state index >= 15 is 0 Å². The van der Waals surface area contributed by atoms with E-state index in [9.17, 15) is 4.79 Å². The van der Waals surface area contributed by atoms with Crippen molar-refractivity contribution in [3.63, 3.8) is 0 Å². The van der Waals surface area contributed by atoms with E-state index in [1.54, 1.807) is 16.0 Å². The second-order valence-corrected chi connectivity index (χ2v) is 10.1. The van der Waals surface area contributed by atoms with Crippen molar-refractivity contribution in [2.24, 2.45) is 17.1 Å². The maximum atomic E-state index is 13.4. The molecule has 35 heavy (non-hydrogen) atoms. The molecule has 0 aliphatic heterocycles. The highest BCUT2D eigenvalue weighted by Crippen LogP contribution is 2.26. The molecule has 0 aliphatic rings. The molecule has 0 bridgehead atoms. The topological polar surface area (TPSA) is 56.6 Å². The summed E-state index contributed by atoms with van der Waals surface area (Å²) in [6, 6.07) is 22.0. The maximum absolute atomic E-state index is 13.4. The summed E-state index contributed by atoms with van der Waals surface area (Å²) in [4.78, 5) is 20.0. The smallest absolute Gasteiger partial charge is 0.283 e. The van der Waals surface area contributed by atoms with Crippen molar-refractivity contribution in [2.45, 2.75) is 20.8 Å². The van der Waals surface area contributed by atoms with Gasteiger partial charge in [0, 0.05) is 12.4 Å². The molecule has 5 aromatic rings. The molecule has 0 atom stereocenters. The van der Waals surface area contributed by atoms with E-state index in [0.717, 1.165) is 33.2 Å². The van der Waals surface area contributed by atoms with Crippen LogP contribution in [0.1, 0.15) is 23.7 Å². The van der Waals surface area contributed by atoms with Crippen molar-refractivity contribution >= 4 is 34.1 Å². The third-order valence-electron chi connectivity index (χ3n) is 5.91. The first-order chi connectivity index (χ1) is 16.9. The predicted molar refractivity (Wildman–Crippen MR) is 145 cm³/mol. The van der Waals surface area contributed by atoms with Crippen LogP contribution in [0.2, 0.25) is 0 Å². The number of benzene rings is 2. The van der Waals surface area contributed by atoms with Gasteiger partial charge in [-0.1, -0.05) is 54.1 Å². The van der Waals surface area contributed by atoms with Crippen molar-refractivity contribution in [1.29, 1.82) is 0 Å². The Kier molecular flexibility index (Phi) is 6.23. The van der Waals surface area contributed by atoms with Crippen LogP contribution in [0.25, 0.3) is 16.3 Å². The highest BCUT2D eigenvalue weighted by Gasteiger charge is 2.17. The fourth-order valence-electron chi connectivity index (χ4n) is 3.85. The summed E-state index contributed by atoms with van der Waals surface area (Å²) < 4.78 is 5.34. The van der Waals surface area contributed by atoms with Crippen molar-refractivity contribution in [3.8, 4) is 16.3 Å². The van der Waals surface area contributed by atoms with Gasteiger partial charge in [0.15, 0.2) is 5.69 Å². The fraction of sp³-hybridized carbons (Fsp3) is 0.148. The van der Waals surface area contributed by atoms with E-state index in [4.69, 9.17) is 10.1 Å². The Bertz CT molecular complexity index is 1630. The monoisotopic (exact) mass is 499 g/mol. The maximum Gasteiger partial charge on any atom is 0.297 e. The van der Waals surface area contributed by atoms with E-state index in [0.29, 0.717) is 10.5 Å². The molecule has 2 aromatic carbocycles. The molecule has 0 unspecified atom stereocenters. The van der Waals surface area contributed by atoms with E-state index in [2.05, 4.69) is 37.3 Å². The number of hydrogen-bond acceptors (Lipinski definition) is 5. The van der Waals surface area contributed by atoms with Gasteiger partial charge in [-0.05, 0) is 49.9 Å². The Morgan fingerprint density at radius 1 is 0.914 bits per heavy atom. The van der Waals surface area contributed by atoms with Gasteiger partial charge in [-0.25, -0.2) is 14.4 Å². The average molecular weight is 500 g/mol. The first-order valence-electron chi connectivity index (χ1n) is 11.2. The Labute approximate surface area is 211 Å². The van der Waals surface area contributed by atoms with E-state index < -0.39 is 0 Å². The third kappa shape index (κ3) is 4.38. The SMILES string of the molecule is CC(=Nn1c(-c2cccs2)csc1=Nc1c(C)n(C)n(-c2ccccc2)c1=O)c1ccc(C)cc1. The summed E-state index contributed by atoms with van der Waals surface area (Å²) in [7, 11) is 1.88. The molecule has 3 aromatic heterocycles. The Morgan fingerprint density at radius 3 is 2.34 bits per heavy atom. The lowest BCUT2D eigenvalue weighted by atomic mass is 10.1. The number of aromatic nitrogens is 3. The normalized spacial score (nSPS) is 12.5. The van der Waals surface area contributed by atoms with Crippen molar-refractivity contribution in [2.75, 3.05) is 0 Å². The summed E-state index contributed by atoms with van der Waals surface area (Å²) >= 11 is 3.13. The van der Waals surface area contributed by atoms with Gasteiger partial charge in [0.05, 0.1) is 27.7 Å². The summed E-state index contributed by atoms with van der Waals surface area (Å²) in [6.45, 7) is 5.98. The van der Waals surface area contributed by atoms with E-state index in [-0.39, 0.29) is 5.56 Å². The molecule has 5 rings (SSSR count). The summed E-state index contributed by atoms with van der Waals surface area (Å²) in [6.07, 6.45) is 0. The van der Waals surface area contributed by atoms with Gasteiger partial charge in [0.2, 0.25) is 4.80 Å². The molecule has 0 spiro atoms. The zero-order valence-corrected chi connectivity index (χ0v) is 21.6. The van der Waals surface area contributed by atoms with Crippen LogP contribution in [0, 0.1) is 13.8 Å². The number of rotatable bonds is 5. The lowest BCUT2D eigenvalue weighted by Crippen LogP contribution is -2.20. The van der Waals surface area contributed by atoms with Gasteiger partial charge in [-0.3, -0.25) is 9.48 Å². The summed E-state index contributed by atoms with van der Waals surface area (Å²) in [5.74, 6) is 0. The van der Waals surface area contributed by atoms with E-state index in [1.165, 1.54) is 16.9 Å². The Hall–Kier alpha value is -3.75. The molecule has 0 fully saturated rings. The highest BCUT2D eigenvalue weighted by molar-refractivity contribution is 7.14. The van der Waals surface area contributed by atoms with Crippen LogP contribution >= 0.6 is 22.7 Å². The number of para-hydroxylation sites is 1. The Morgan fingerprint density at radius 2 is 1.66 bits per heavy atom. The summed E-state index contributed by atoms with van der Waals surface area (Å²) in [5.41, 5.74) is 5.91. The molecule has 0 radical (unpaired) electrons. The highest BCUT2D eigenvalue weighted by atomic mass is 32.1. The van der Waals surface area contributed by atoms with E-state index in [1.807, 2.05) is 77.4 Å². The van der Waals surface area contributed by atoms with Crippen molar-refractivity contribution < 1.29 is 0 Å². The second-order valence-electron chi connectivity index (χ2n) is 8.27. The molecule has 8 heteroatoms. The van der Waals surface area contributed by atoms with Gasteiger partial charge < -0.3 is 0 Å². The largest absolute Gasteiger partial charge is 0.297 e. The van der Waals surface area contributed by atoms with Crippen LogP contribution in [0.15, 0.2) is 92.4 Å². The lowest BCUT2D eigenvalue weighted by molar-refractivity contribution is 0.630. The van der Waals surface area contributed by atoms with Gasteiger partial charge in [0.25, 0.3) is 5.56 Å². The number of thiazole rings is 1. The zero-order valence-electron chi connectivity index (χ0n) is 20.0. The molecule has 0 saturated heterocycles. The molecule has 0 N–H and O–H groups in total. The Balaban J connectivity index is 1.71. The summed E-state index contributed by atoms with van der Waals surface area (Å²) in [5, 5.41) is 9.05. The minimum atomic E-state index is -0.159. The van der Waals surface area contributed by atoms with Crippen LogP contribution in [-0.4, -0.2) is 19.8 Å². The molecule has 0 amide bonds. The molecule has 3 heterocycles. The van der Waals surface area contributed by atoms with Crippen LogP contribution in [0.4, 0.5) is 5.69 Å². The van der Waals surface area contributed by atoms with Gasteiger partial charge in [-0.2, -0.15) is 5.10 Å². The molecule has 176 valence electrons. The van der Waals surface area contributed by atoms with Crippen LogP contribution < -0.4 is 10.4 Å². The first-order valence-corrected chi connectivity index (χ1v) is 13.0. The quantitative estimate of drug-likeness (QED) is 0.278. The van der Waals surface area contributed by atoms with Crippen LogP contribution in [-0.2, 0) is 7.05 Å². The molecular formula is C27H25N5OS2. The van der Waals surface area contributed by atoms with Crippen molar-refractivity contribution in [3.05, 3.63) is 109 Å². The first kappa shape index (κ1) is 23.0. The zero-order chi connectivity index (χ0) is 24.5. The number of thiophene rings is 1. The second kappa shape index (κ2) is 9.48. The van der Waals surface area contributed by atoms with Gasteiger partial charge in [0.1, 0.15) is 0 Å².